The molecule has 0 aliphatic heterocycles. The van der Waals surface area contributed by atoms with Crippen LogP contribution in [0, 0.1) is 6.92 Å². The summed E-state index contributed by atoms with van der Waals surface area (Å²) in [5.74, 6) is -0.874. The number of rotatable bonds is 1. The van der Waals surface area contributed by atoms with Crippen molar-refractivity contribution in [1.29, 1.82) is 0 Å². The van der Waals surface area contributed by atoms with Crippen molar-refractivity contribution in [3.8, 4) is 0 Å². The molecule has 0 aliphatic carbocycles. The van der Waals surface area contributed by atoms with Crippen LogP contribution in [0.1, 0.15) is 15.9 Å². The van der Waals surface area contributed by atoms with Crippen LogP contribution >= 0.6 is 0 Å². The van der Waals surface area contributed by atoms with E-state index in [4.69, 9.17) is 5.11 Å². The van der Waals surface area contributed by atoms with Gasteiger partial charge in [0.1, 0.15) is 0 Å². The Bertz CT molecular complexity index is 506. The van der Waals surface area contributed by atoms with Gasteiger partial charge in [0.2, 0.25) is 0 Å². The normalized spacial score (nSPS) is 9.67. The Morgan fingerprint density at radius 2 is 1.67 bits per heavy atom. The number of benzene rings is 2. The van der Waals surface area contributed by atoms with E-state index in [1.807, 2.05) is 31.2 Å². The number of aryl methyl sites for hydroxylation is 1. The second-order valence-electron chi connectivity index (χ2n) is 3.28. The van der Waals surface area contributed by atoms with Gasteiger partial charge in [0.15, 0.2) is 0 Å². The zero-order valence-electron chi connectivity index (χ0n) is 7.82. The number of hydrogen-bond acceptors (Lipinski definition) is 1. The van der Waals surface area contributed by atoms with Gasteiger partial charge in [-0.2, -0.15) is 0 Å². The van der Waals surface area contributed by atoms with Gasteiger partial charge in [0.25, 0.3) is 0 Å². The maximum absolute atomic E-state index is 10.9. The fourth-order valence-electron chi connectivity index (χ4n) is 1.65. The van der Waals surface area contributed by atoms with Crippen molar-refractivity contribution in [3.63, 3.8) is 0 Å². The summed E-state index contributed by atoms with van der Waals surface area (Å²) in [6.07, 6.45) is 0. The first kappa shape index (κ1) is 12.1. The topological polar surface area (TPSA) is 37.3 Å². The van der Waals surface area contributed by atoms with E-state index >= 15 is 0 Å². The molecule has 2 rings (SSSR count). The summed E-state index contributed by atoms with van der Waals surface area (Å²) in [5, 5.41) is 10.8. The Morgan fingerprint density at radius 1 is 1.07 bits per heavy atom. The predicted octanol–water partition coefficient (Wildman–Crippen LogP) is 1.66. The van der Waals surface area contributed by atoms with Gasteiger partial charge in [-0.1, -0.05) is 30.3 Å². The van der Waals surface area contributed by atoms with Crippen LogP contribution in [0.15, 0.2) is 36.4 Å². The van der Waals surface area contributed by atoms with E-state index in [9.17, 15) is 4.79 Å². The summed E-state index contributed by atoms with van der Waals surface area (Å²) in [6, 6.07) is 11.0. The molecule has 0 aromatic heterocycles. The van der Waals surface area contributed by atoms with Gasteiger partial charge in [0, 0.05) is 0 Å². The van der Waals surface area contributed by atoms with Crippen LogP contribution in [0.2, 0.25) is 0 Å². The number of carboxylic acid groups (broad SMARTS) is 1. The van der Waals surface area contributed by atoms with Gasteiger partial charge >= 0.3 is 31.8 Å². The molecule has 2 aromatic carbocycles. The van der Waals surface area contributed by atoms with Crippen molar-refractivity contribution in [3.05, 3.63) is 47.5 Å². The molecule has 0 aliphatic rings. The molecular formula is C12H13InO2. The van der Waals surface area contributed by atoms with Crippen molar-refractivity contribution in [2.75, 3.05) is 0 Å². The van der Waals surface area contributed by atoms with Crippen LogP contribution in [0.4, 0.5) is 0 Å². The average Bonchev–Trinajstić information content (AvgIpc) is 2.17. The van der Waals surface area contributed by atoms with Crippen LogP contribution in [0.25, 0.3) is 10.8 Å². The van der Waals surface area contributed by atoms with Crippen LogP contribution < -0.4 is 0 Å². The summed E-state index contributed by atoms with van der Waals surface area (Å²) in [7, 11) is 0. The Morgan fingerprint density at radius 3 is 2.33 bits per heavy atom. The SMILES string of the molecule is Cc1cccc2c(C(=O)O)cccc12.[InH3]. The molecule has 0 atom stereocenters. The van der Waals surface area contributed by atoms with Crippen LogP contribution in [0.5, 0.6) is 0 Å². The zero-order chi connectivity index (χ0) is 10.1. The van der Waals surface area contributed by atoms with Crippen LogP contribution in [-0.4, -0.2) is 36.9 Å². The summed E-state index contributed by atoms with van der Waals surface area (Å²) in [4.78, 5) is 10.9. The van der Waals surface area contributed by atoms with Gasteiger partial charge in [-0.3, -0.25) is 0 Å². The first-order valence-electron chi connectivity index (χ1n) is 4.42. The van der Waals surface area contributed by atoms with Gasteiger partial charge in [-0.25, -0.2) is 4.79 Å². The van der Waals surface area contributed by atoms with Crippen molar-refractivity contribution in [2.24, 2.45) is 0 Å². The number of fused-ring (bicyclic) bond motifs is 1. The third-order valence-electron chi connectivity index (χ3n) is 2.37. The molecule has 3 heteroatoms. The second-order valence-corrected chi connectivity index (χ2v) is 3.28. The number of carboxylic acids is 1. The zero-order valence-corrected chi connectivity index (χ0v) is 7.82. The van der Waals surface area contributed by atoms with Crippen molar-refractivity contribution in [2.45, 2.75) is 6.92 Å². The third-order valence-corrected chi connectivity index (χ3v) is 2.37. The van der Waals surface area contributed by atoms with E-state index in [1.54, 1.807) is 12.1 Å². The summed E-state index contributed by atoms with van der Waals surface area (Å²) in [5.41, 5.74) is 1.47. The van der Waals surface area contributed by atoms with Crippen molar-refractivity contribution in [1.82, 2.24) is 0 Å². The Balaban J connectivity index is 0.00000112. The third kappa shape index (κ3) is 2.17. The molecule has 0 heterocycles. The number of hydrogen-bond donors (Lipinski definition) is 1. The minimum absolute atomic E-state index is 0. The second kappa shape index (κ2) is 4.71. The standard InChI is InChI=1S/C12H10O2.In.3H/c1-8-4-2-6-10-9(8)5-3-7-11(10)12(13)14;;;;/h2-7H,1H3,(H,13,14);;;;. The quantitative estimate of drug-likeness (QED) is 0.870. The van der Waals surface area contributed by atoms with E-state index in [-0.39, 0.29) is 25.8 Å². The Kier molecular flexibility index (Phi) is 3.80. The van der Waals surface area contributed by atoms with E-state index < -0.39 is 5.97 Å². The Hall–Kier alpha value is -0.960. The summed E-state index contributed by atoms with van der Waals surface area (Å²) >= 11 is 0. The fraction of sp³-hybridized carbons (Fsp3) is 0.0833. The van der Waals surface area contributed by atoms with Gasteiger partial charge < -0.3 is 5.11 Å². The van der Waals surface area contributed by atoms with Gasteiger partial charge in [-0.15, -0.1) is 0 Å². The molecule has 1 N–H and O–H groups in total. The molecule has 0 bridgehead atoms. The molecule has 15 heavy (non-hydrogen) atoms. The Labute approximate surface area is 107 Å². The van der Waals surface area contributed by atoms with Crippen LogP contribution in [0.3, 0.4) is 0 Å². The molecule has 0 radical (unpaired) electrons. The van der Waals surface area contributed by atoms with Gasteiger partial charge in [-0.05, 0) is 29.3 Å². The molecule has 0 spiro atoms. The van der Waals surface area contributed by atoms with E-state index in [0.717, 1.165) is 16.3 Å². The summed E-state index contributed by atoms with van der Waals surface area (Å²) < 4.78 is 0. The van der Waals surface area contributed by atoms with E-state index in [2.05, 4.69) is 0 Å². The van der Waals surface area contributed by atoms with E-state index in [1.165, 1.54) is 0 Å². The predicted molar refractivity (Wildman–Crippen MR) is 65.6 cm³/mol. The maximum atomic E-state index is 10.9. The first-order chi connectivity index (χ1) is 6.70. The molecule has 0 saturated heterocycles. The monoisotopic (exact) mass is 304 g/mol. The molecule has 0 amide bonds. The molecular weight excluding hydrogens is 291 g/mol. The van der Waals surface area contributed by atoms with Gasteiger partial charge in [0.05, 0.1) is 5.56 Å². The molecule has 2 nitrogen and oxygen atoms in total. The minimum atomic E-state index is -0.874. The molecule has 2 aromatic rings. The van der Waals surface area contributed by atoms with Crippen LogP contribution in [-0.2, 0) is 0 Å². The number of aromatic carboxylic acids is 1. The average molecular weight is 304 g/mol. The fourth-order valence-corrected chi connectivity index (χ4v) is 1.65. The van der Waals surface area contributed by atoms with E-state index in [0.29, 0.717) is 5.56 Å². The molecule has 0 fully saturated rings. The molecule has 0 unspecified atom stereocenters. The molecule has 0 saturated carbocycles. The van der Waals surface area contributed by atoms with Crippen molar-refractivity contribution >= 4 is 42.6 Å². The first-order valence-corrected chi connectivity index (χ1v) is 4.42. The van der Waals surface area contributed by atoms with Crippen molar-refractivity contribution < 1.29 is 9.90 Å². The molecule has 76 valence electrons. The summed E-state index contributed by atoms with van der Waals surface area (Å²) in [6.45, 7) is 1.98. The number of carbonyl (C=O) groups is 1.